The molecule has 0 amide bonds. The van der Waals surface area contributed by atoms with Gasteiger partial charge in [0.15, 0.2) is 0 Å². The topological polar surface area (TPSA) is 55.8 Å². The van der Waals surface area contributed by atoms with E-state index in [1.807, 2.05) is 34.8 Å². The van der Waals surface area contributed by atoms with Crippen molar-refractivity contribution in [2.24, 2.45) is 0 Å². The van der Waals surface area contributed by atoms with Crippen LogP contribution >= 0.6 is 22.7 Å². The van der Waals surface area contributed by atoms with Crippen molar-refractivity contribution in [3.63, 3.8) is 0 Å². The zero-order valence-electron chi connectivity index (χ0n) is 32.5. The second-order valence-electron chi connectivity index (χ2n) is 16.4. The van der Waals surface area contributed by atoms with Crippen LogP contribution in [-0.2, 0) is 12.8 Å². The number of hydrogen-bond acceptors (Lipinski definition) is 5. The molecule has 60 heavy (non-hydrogen) atoms. The zero-order chi connectivity index (χ0) is 39.6. The number of aromatic nitrogens is 1. The van der Waals surface area contributed by atoms with E-state index in [-0.39, 0.29) is 6.04 Å². The van der Waals surface area contributed by atoms with Crippen LogP contribution in [0.3, 0.4) is 0 Å². The Bertz CT molecular complexity index is 3740. The third-order valence-corrected chi connectivity index (χ3v) is 15.6. The Morgan fingerprint density at radius 3 is 2.42 bits per heavy atom. The van der Waals surface area contributed by atoms with Gasteiger partial charge in [0.25, 0.3) is 0 Å². The number of aryl methyl sites for hydroxylation is 2. The van der Waals surface area contributed by atoms with E-state index in [0.717, 1.165) is 71.0 Å². The quantitative estimate of drug-likeness (QED) is 0.175. The maximum atomic E-state index is 11.1. The highest BCUT2D eigenvalue weighted by Crippen LogP contribution is 2.45. The number of fused-ring (bicyclic) bond motifs is 16. The summed E-state index contributed by atoms with van der Waals surface area (Å²) in [6.07, 6.45) is 16.6. The maximum absolute atomic E-state index is 11.1. The first-order chi connectivity index (χ1) is 29.6. The summed E-state index contributed by atoms with van der Waals surface area (Å²) < 4.78 is 5.97. The molecule has 1 aliphatic heterocycles. The fourth-order valence-electron chi connectivity index (χ4n) is 10.6. The summed E-state index contributed by atoms with van der Waals surface area (Å²) in [7, 11) is 0. The molecule has 3 aromatic heterocycles. The molecule has 4 aliphatic rings. The molecule has 6 heteroatoms. The summed E-state index contributed by atoms with van der Waals surface area (Å²) in [5, 5.41) is 30.9. The van der Waals surface area contributed by atoms with Crippen molar-refractivity contribution >= 4 is 93.3 Å². The number of hydrogen-bond donors (Lipinski definition) is 0. The maximum Gasteiger partial charge on any atom is 0.101 e. The molecule has 6 aromatic carbocycles. The summed E-state index contributed by atoms with van der Waals surface area (Å²) in [6.45, 7) is 0. The van der Waals surface area contributed by atoms with Gasteiger partial charge in [-0.15, -0.1) is 22.7 Å². The van der Waals surface area contributed by atoms with E-state index in [1.165, 1.54) is 73.4 Å². The molecule has 13 rings (SSSR count). The summed E-state index contributed by atoms with van der Waals surface area (Å²) in [5.41, 5.74) is 12.5. The fraction of sp³-hybridized carbons (Fsp3) is 0.111. The Morgan fingerprint density at radius 2 is 1.50 bits per heavy atom. The van der Waals surface area contributed by atoms with Gasteiger partial charge in [-0.25, -0.2) is 0 Å². The van der Waals surface area contributed by atoms with E-state index in [4.69, 9.17) is 0 Å². The van der Waals surface area contributed by atoms with Gasteiger partial charge >= 0.3 is 0 Å². The lowest BCUT2D eigenvalue weighted by Gasteiger charge is -2.34. The smallest absolute Gasteiger partial charge is 0.101 e. The summed E-state index contributed by atoms with van der Waals surface area (Å²) in [4.78, 5) is 3.84. The van der Waals surface area contributed by atoms with Crippen LogP contribution in [0, 0.1) is 22.7 Å². The van der Waals surface area contributed by atoms with Crippen molar-refractivity contribution in [1.82, 2.24) is 4.57 Å². The molecule has 0 saturated heterocycles. The Balaban J connectivity index is 1.04. The van der Waals surface area contributed by atoms with Gasteiger partial charge in [-0.2, -0.15) is 10.5 Å². The minimum atomic E-state index is -0.0481. The molecule has 282 valence electrons. The van der Waals surface area contributed by atoms with Gasteiger partial charge in [-0.1, -0.05) is 84.9 Å². The van der Waals surface area contributed by atoms with Crippen molar-refractivity contribution in [3.05, 3.63) is 176 Å². The molecular formula is C54H34N4S2. The lowest BCUT2D eigenvalue weighted by atomic mass is 9.88. The van der Waals surface area contributed by atoms with Crippen molar-refractivity contribution in [2.45, 2.75) is 38.1 Å². The average molecular weight is 803 g/mol. The van der Waals surface area contributed by atoms with E-state index in [1.54, 1.807) is 0 Å². The molecule has 0 fully saturated rings. The second kappa shape index (κ2) is 12.8. The number of nitriles is 2. The summed E-state index contributed by atoms with van der Waals surface area (Å²) in [6, 6.07) is 44.3. The molecule has 2 bridgehead atoms. The Kier molecular flexibility index (Phi) is 7.23. The fourth-order valence-corrected chi connectivity index (χ4v) is 13.1. The van der Waals surface area contributed by atoms with Gasteiger partial charge in [0.2, 0.25) is 0 Å². The van der Waals surface area contributed by atoms with Gasteiger partial charge in [0.05, 0.1) is 39.6 Å². The molecule has 0 radical (unpaired) electrons. The molecule has 4 heterocycles. The van der Waals surface area contributed by atoms with Gasteiger partial charge < -0.3 is 9.47 Å². The molecule has 0 saturated carbocycles. The summed E-state index contributed by atoms with van der Waals surface area (Å²) in [5.74, 6) is 0. The number of thiophene rings is 2. The zero-order valence-corrected chi connectivity index (χ0v) is 34.1. The van der Waals surface area contributed by atoms with Gasteiger partial charge in [0.1, 0.15) is 12.1 Å². The van der Waals surface area contributed by atoms with Crippen molar-refractivity contribution in [2.75, 3.05) is 4.90 Å². The highest BCUT2D eigenvalue weighted by Gasteiger charge is 2.32. The Hall–Kier alpha value is -6.96. The normalized spacial score (nSPS) is 17.8. The lowest BCUT2D eigenvalue weighted by molar-refractivity contribution is 0.794. The van der Waals surface area contributed by atoms with Crippen molar-refractivity contribution in [3.8, 4) is 29.0 Å². The highest BCUT2D eigenvalue weighted by atomic mass is 32.1. The Morgan fingerprint density at radius 1 is 0.683 bits per heavy atom. The molecule has 9 aromatic rings. The van der Waals surface area contributed by atoms with Crippen LogP contribution < -0.4 is 14.7 Å². The first-order valence-corrected chi connectivity index (χ1v) is 22.4. The monoisotopic (exact) mass is 802 g/mol. The van der Waals surface area contributed by atoms with E-state index >= 15 is 0 Å². The van der Waals surface area contributed by atoms with E-state index < -0.39 is 0 Å². The van der Waals surface area contributed by atoms with E-state index in [0.29, 0.717) is 11.1 Å². The summed E-state index contributed by atoms with van der Waals surface area (Å²) >= 11 is 3.74. The van der Waals surface area contributed by atoms with Crippen LogP contribution in [-0.4, -0.2) is 10.6 Å². The van der Waals surface area contributed by atoms with Crippen molar-refractivity contribution in [1.29, 1.82) is 10.5 Å². The minimum absolute atomic E-state index is 0.0481. The second-order valence-corrected chi connectivity index (χ2v) is 18.6. The first-order valence-electron chi connectivity index (χ1n) is 20.7. The average Bonchev–Trinajstić information content (AvgIpc) is 3.91. The van der Waals surface area contributed by atoms with Crippen LogP contribution in [0.4, 0.5) is 5.69 Å². The van der Waals surface area contributed by atoms with Crippen molar-refractivity contribution < 1.29 is 0 Å². The van der Waals surface area contributed by atoms with Gasteiger partial charge in [-0.3, -0.25) is 0 Å². The Labute approximate surface area is 354 Å². The molecule has 0 N–H and O–H groups in total. The predicted octanol–water partition coefficient (Wildman–Crippen LogP) is 12.3. The van der Waals surface area contributed by atoms with Crippen LogP contribution in [0.2, 0.25) is 0 Å². The lowest BCUT2D eigenvalue weighted by Crippen LogP contribution is -2.36. The number of allylic oxidation sites excluding steroid dienone is 4. The van der Waals surface area contributed by atoms with Crippen LogP contribution in [0.15, 0.2) is 144 Å². The van der Waals surface area contributed by atoms with Gasteiger partial charge in [-0.05, 0) is 120 Å². The standard InChI is InChI=1S/C54H34N4S2/c55-29-34-25-47(58-45-16-8-6-14-40(45)41-27-43-52(28-48(41)58)60-50-22-19-32-10-2-4-13-39(32)54(43)50)35(30-56)24-46(34)57-36-20-17-33(37-11-5-7-15-44(37)57)23-42-51(26-36)59-49-21-18-31-9-1-3-12-38(31)53(42)49/h1-4,6-10,12-17,19,22-28,36H,5,11,18,20-21H2/b42-23+,51-26+. The molecule has 3 aliphatic carbocycles. The first kappa shape index (κ1) is 34.0. The number of nitrogens with zero attached hydrogens (tertiary/aromatic N) is 4. The minimum Gasteiger partial charge on any atom is -0.333 e. The highest BCUT2D eigenvalue weighted by molar-refractivity contribution is 7.26. The molecule has 1 atom stereocenters. The van der Waals surface area contributed by atoms with Crippen LogP contribution in [0.5, 0.6) is 0 Å². The van der Waals surface area contributed by atoms with E-state index in [9.17, 15) is 10.5 Å². The predicted molar refractivity (Wildman–Crippen MR) is 250 cm³/mol. The van der Waals surface area contributed by atoms with Gasteiger partial charge in [0, 0.05) is 56.8 Å². The van der Waals surface area contributed by atoms with E-state index in [2.05, 4.69) is 149 Å². The molecule has 4 nitrogen and oxygen atoms in total. The van der Waals surface area contributed by atoms with Crippen LogP contribution in [0.1, 0.15) is 40.8 Å². The number of benzene rings is 6. The molecular weight excluding hydrogens is 769 g/mol. The third-order valence-electron chi connectivity index (χ3n) is 13.3. The number of rotatable bonds is 2. The third kappa shape index (κ3) is 4.75. The SMILES string of the molecule is N#Cc1cc(-n2c3ccccc3c3cc4c(cc32)sc2ccc3ccccc3c24)c(C#N)cc1N1C2=C(CCC=C2)C2=CCC1/C=c1/sc3c(/c1=C/2)-c1ccccc1CC3. The number of para-hydroxylation sites is 1. The largest absolute Gasteiger partial charge is 0.333 e. The van der Waals surface area contributed by atoms with Crippen LogP contribution in [0.25, 0.3) is 81.7 Å². The number of anilines is 1. The molecule has 1 unspecified atom stereocenters. The molecule has 0 spiro atoms.